The van der Waals surface area contributed by atoms with Crippen molar-refractivity contribution in [2.75, 3.05) is 18.8 Å². The van der Waals surface area contributed by atoms with Crippen molar-refractivity contribution in [3.63, 3.8) is 0 Å². The van der Waals surface area contributed by atoms with E-state index < -0.39 is 0 Å². The predicted octanol–water partition coefficient (Wildman–Crippen LogP) is 2.19. The van der Waals surface area contributed by atoms with Crippen molar-refractivity contribution in [3.8, 4) is 0 Å². The van der Waals surface area contributed by atoms with E-state index in [1.54, 1.807) is 0 Å². The van der Waals surface area contributed by atoms with Crippen LogP contribution in [0.2, 0.25) is 5.15 Å². The summed E-state index contributed by atoms with van der Waals surface area (Å²) < 4.78 is 0. The first-order valence-electron chi connectivity index (χ1n) is 5.78. The summed E-state index contributed by atoms with van der Waals surface area (Å²) in [6, 6.07) is 1.54. The van der Waals surface area contributed by atoms with Crippen LogP contribution in [0.25, 0.3) is 0 Å². The number of piperidine rings is 1. The van der Waals surface area contributed by atoms with Crippen molar-refractivity contribution in [3.05, 3.63) is 23.0 Å². The lowest BCUT2D eigenvalue weighted by Crippen LogP contribution is -2.38. The Labute approximate surface area is 106 Å². The molecule has 0 aromatic carbocycles. The molecule has 1 amide bonds. The molecule has 1 saturated heterocycles. The summed E-state index contributed by atoms with van der Waals surface area (Å²) in [6.45, 7) is 3.79. The number of nitrogens with zero attached hydrogens (tertiary/aromatic N) is 2. The van der Waals surface area contributed by atoms with E-state index in [2.05, 4.69) is 11.9 Å². The van der Waals surface area contributed by atoms with E-state index in [1.165, 1.54) is 12.3 Å². The van der Waals surface area contributed by atoms with Gasteiger partial charge in [0.15, 0.2) is 0 Å². The number of aromatic nitrogens is 1. The van der Waals surface area contributed by atoms with Crippen molar-refractivity contribution in [1.29, 1.82) is 0 Å². The van der Waals surface area contributed by atoms with Crippen molar-refractivity contribution in [2.45, 2.75) is 19.8 Å². The third-order valence-electron chi connectivity index (χ3n) is 3.20. The number of pyridine rings is 1. The highest BCUT2D eigenvalue weighted by molar-refractivity contribution is 6.29. The number of rotatable bonds is 1. The number of hydrogen-bond donors (Lipinski definition) is 1. The largest absolute Gasteiger partial charge is 0.397 e. The fourth-order valence-corrected chi connectivity index (χ4v) is 2.17. The molecule has 17 heavy (non-hydrogen) atoms. The van der Waals surface area contributed by atoms with Crippen LogP contribution in [0.5, 0.6) is 0 Å². The number of hydrogen-bond acceptors (Lipinski definition) is 3. The second kappa shape index (κ2) is 4.92. The second-order valence-electron chi connectivity index (χ2n) is 4.57. The van der Waals surface area contributed by atoms with Crippen LogP contribution in [-0.4, -0.2) is 28.9 Å². The van der Waals surface area contributed by atoms with E-state index >= 15 is 0 Å². The van der Waals surface area contributed by atoms with Gasteiger partial charge in [-0.25, -0.2) is 4.98 Å². The van der Waals surface area contributed by atoms with Gasteiger partial charge in [0.2, 0.25) is 0 Å². The van der Waals surface area contributed by atoms with E-state index in [9.17, 15) is 4.79 Å². The fourth-order valence-electron chi connectivity index (χ4n) is 2.01. The first kappa shape index (κ1) is 12.2. The van der Waals surface area contributed by atoms with Gasteiger partial charge in [-0.05, 0) is 24.8 Å². The van der Waals surface area contributed by atoms with Gasteiger partial charge in [0.1, 0.15) is 5.15 Å². The third-order valence-corrected chi connectivity index (χ3v) is 3.41. The van der Waals surface area contributed by atoms with Gasteiger partial charge in [-0.15, -0.1) is 0 Å². The second-order valence-corrected chi connectivity index (χ2v) is 4.96. The van der Waals surface area contributed by atoms with Crippen LogP contribution in [-0.2, 0) is 0 Å². The molecule has 0 spiro atoms. The topological polar surface area (TPSA) is 59.2 Å². The summed E-state index contributed by atoms with van der Waals surface area (Å²) in [5.41, 5.74) is 6.60. The Kier molecular flexibility index (Phi) is 3.52. The fraction of sp³-hybridized carbons (Fsp3) is 0.500. The Balaban J connectivity index is 2.16. The molecule has 4 nitrogen and oxygen atoms in total. The molecule has 1 aliphatic rings. The summed E-state index contributed by atoms with van der Waals surface area (Å²) in [5, 5.41) is 0.299. The number of likely N-dealkylation sites (tertiary alicyclic amines) is 1. The quantitative estimate of drug-likeness (QED) is 0.781. The Hall–Kier alpha value is -1.29. The molecule has 0 saturated carbocycles. The minimum Gasteiger partial charge on any atom is -0.397 e. The summed E-state index contributed by atoms with van der Waals surface area (Å²) in [6.07, 6.45) is 3.52. The smallest absolute Gasteiger partial charge is 0.256 e. The van der Waals surface area contributed by atoms with E-state index in [-0.39, 0.29) is 5.91 Å². The average Bonchev–Trinajstić information content (AvgIpc) is 2.32. The molecule has 2 rings (SSSR count). The molecular formula is C12H16ClN3O. The normalized spacial score (nSPS) is 17.2. The zero-order valence-corrected chi connectivity index (χ0v) is 10.6. The number of amides is 1. The zero-order valence-electron chi connectivity index (χ0n) is 9.82. The number of halogens is 1. The molecule has 2 N–H and O–H groups in total. The molecule has 0 unspecified atom stereocenters. The maximum Gasteiger partial charge on any atom is 0.256 e. The van der Waals surface area contributed by atoms with Gasteiger partial charge in [0, 0.05) is 13.1 Å². The monoisotopic (exact) mass is 253 g/mol. The Bertz CT molecular complexity index is 428. The lowest BCUT2D eigenvalue weighted by Gasteiger charge is -2.30. The highest BCUT2D eigenvalue weighted by atomic mass is 35.5. The van der Waals surface area contributed by atoms with E-state index in [1.807, 2.05) is 4.90 Å². The van der Waals surface area contributed by atoms with Crippen molar-refractivity contribution >= 4 is 23.2 Å². The van der Waals surface area contributed by atoms with Gasteiger partial charge in [0.25, 0.3) is 5.91 Å². The highest BCUT2D eigenvalue weighted by Gasteiger charge is 2.23. The van der Waals surface area contributed by atoms with Gasteiger partial charge < -0.3 is 10.6 Å². The van der Waals surface area contributed by atoms with Crippen LogP contribution >= 0.6 is 11.6 Å². The van der Waals surface area contributed by atoms with E-state index in [4.69, 9.17) is 17.3 Å². The Morgan fingerprint density at radius 1 is 1.53 bits per heavy atom. The van der Waals surface area contributed by atoms with E-state index in [0.29, 0.717) is 22.3 Å². The number of nitrogens with two attached hydrogens (primary N) is 1. The van der Waals surface area contributed by atoms with Crippen LogP contribution < -0.4 is 5.73 Å². The molecular weight excluding hydrogens is 238 g/mol. The minimum absolute atomic E-state index is 0.0429. The molecule has 1 aliphatic heterocycles. The average molecular weight is 254 g/mol. The van der Waals surface area contributed by atoms with Crippen molar-refractivity contribution in [1.82, 2.24) is 9.88 Å². The SMILES string of the molecule is CC1CCN(C(=O)c2cc(Cl)ncc2N)CC1. The van der Waals surface area contributed by atoms with Gasteiger partial charge >= 0.3 is 0 Å². The molecule has 1 aromatic rings. The lowest BCUT2D eigenvalue weighted by molar-refractivity contribution is 0.0698. The minimum atomic E-state index is -0.0429. The molecule has 0 bridgehead atoms. The molecule has 1 fully saturated rings. The van der Waals surface area contributed by atoms with Crippen LogP contribution in [0.15, 0.2) is 12.3 Å². The zero-order chi connectivity index (χ0) is 12.4. The molecule has 5 heteroatoms. The van der Waals surface area contributed by atoms with Crippen LogP contribution in [0, 0.1) is 5.92 Å². The number of carbonyl (C=O) groups is 1. The maximum absolute atomic E-state index is 12.2. The lowest BCUT2D eigenvalue weighted by atomic mass is 9.98. The summed E-state index contributed by atoms with van der Waals surface area (Å²) in [5.74, 6) is 0.649. The standard InChI is InChI=1S/C12H16ClN3O/c1-8-2-4-16(5-3-8)12(17)9-6-11(13)15-7-10(9)14/h6-8H,2-5,14H2,1H3. The predicted molar refractivity (Wildman–Crippen MR) is 68.0 cm³/mol. The highest BCUT2D eigenvalue weighted by Crippen LogP contribution is 2.21. The number of nitrogen functional groups attached to an aromatic ring is 1. The first-order valence-corrected chi connectivity index (χ1v) is 6.16. The van der Waals surface area contributed by atoms with Gasteiger partial charge in [0.05, 0.1) is 17.4 Å². The number of carbonyl (C=O) groups excluding carboxylic acids is 1. The third kappa shape index (κ3) is 2.69. The van der Waals surface area contributed by atoms with Crippen LogP contribution in [0.4, 0.5) is 5.69 Å². The Morgan fingerprint density at radius 2 is 2.18 bits per heavy atom. The van der Waals surface area contributed by atoms with Crippen molar-refractivity contribution < 1.29 is 4.79 Å². The first-order chi connectivity index (χ1) is 8.08. The van der Waals surface area contributed by atoms with Crippen LogP contribution in [0.1, 0.15) is 30.1 Å². The molecule has 2 heterocycles. The van der Waals surface area contributed by atoms with Gasteiger partial charge in [-0.3, -0.25) is 4.79 Å². The molecule has 92 valence electrons. The van der Waals surface area contributed by atoms with Gasteiger partial charge in [-0.1, -0.05) is 18.5 Å². The Morgan fingerprint density at radius 3 is 2.82 bits per heavy atom. The maximum atomic E-state index is 12.2. The number of anilines is 1. The van der Waals surface area contributed by atoms with Gasteiger partial charge in [-0.2, -0.15) is 0 Å². The summed E-state index contributed by atoms with van der Waals surface area (Å²) in [7, 11) is 0. The molecule has 1 aromatic heterocycles. The molecule has 0 aliphatic carbocycles. The summed E-state index contributed by atoms with van der Waals surface area (Å²) >= 11 is 5.79. The molecule has 0 atom stereocenters. The molecule has 0 radical (unpaired) electrons. The van der Waals surface area contributed by atoms with E-state index in [0.717, 1.165) is 25.9 Å². The van der Waals surface area contributed by atoms with Crippen molar-refractivity contribution in [2.24, 2.45) is 5.92 Å². The summed E-state index contributed by atoms with van der Waals surface area (Å²) in [4.78, 5) is 17.9. The van der Waals surface area contributed by atoms with Crippen LogP contribution in [0.3, 0.4) is 0 Å².